The third-order valence-electron chi connectivity index (χ3n) is 3.10. The molecule has 2 aromatic rings. The lowest BCUT2D eigenvalue weighted by molar-refractivity contribution is 0.602. The Balaban J connectivity index is 2.07. The summed E-state index contributed by atoms with van der Waals surface area (Å²) in [6.07, 6.45) is 3.03. The quantitative estimate of drug-likeness (QED) is 0.926. The number of aromatic nitrogens is 2. The maximum Gasteiger partial charge on any atom is 0.175 e. The first-order valence-corrected chi connectivity index (χ1v) is 7.78. The molecule has 0 aliphatic carbocycles. The number of rotatable bonds is 4. The average Bonchev–Trinajstić information content (AvgIpc) is 2.67. The molecule has 5 nitrogen and oxygen atoms in total. The van der Waals surface area contributed by atoms with Crippen LogP contribution in [0.15, 0.2) is 35.4 Å². The predicted octanol–water partition coefficient (Wildman–Crippen LogP) is 1.74. The second-order valence-corrected chi connectivity index (χ2v) is 6.54. The van der Waals surface area contributed by atoms with Gasteiger partial charge in [0, 0.05) is 36.8 Å². The number of nitrogens with zero attached hydrogens (tertiary/aromatic N) is 2. The monoisotopic (exact) mass is 279 g/mol. The van der Waals surface area contributed by atoms with Crippen LogP contribution in [0.1, 0.15) is 11.3 Å². The Morgan fingerprint density at radius 2 is 1.89 bits per heavy atom. The van der Waals surface area contributed by atoms with Crippen molar-refractivity contribution in [3.8, 4) is 0 Å². The van der Waals surface area contributed by atoms with Crippen LogP contribution in [0, 0.1) is 6.92 Å². The van der Waals surface area contributed by atoms with Crippen molar-refractivity contribution in [3.05, 3.63) is 41.7 Å². The van der Waals surface area contributed by atoms with Gasteiger partial charge in [0.05, 0.1) is 11.1 Å². The molecule has 0 saturated carbocycles. The number of hydrogen-bond donors (Lipinski definition) is 1. The highest BCUT2D eigenvalue weighted by atomic mass is 32.2. The normalized spacial score (nSPS) is 11.5. The van der Waals surface area contributed by atoms with E-state index in [0.29, 0.717) is 11.4 Å². The smallest absolute Gasteiger partial charge is 0.175 e. The zero-order chi connectivity index (χ0) is 14.0. The summed E-state index contributed by atoms with van der Waals surface area (Å²) in [4.78, 5) is 0.329. The van der Waals surface area contributed by atoms with Crippen molar-refractivity contribution < 1.29 is 8.42 Å². The van der Waals surface area contributed by atoms with Gasteiger partial charge in [0.2, 0.25) is 0 Å². The molecule has 102 valence electrons. The maximum atomic E-state index is 11.3. The lowest BCUT2D eigenvalue weighted by atomic mass is 10.2. The number of nitrogens with one attached hydrogen (secondary N) is 1. The maximum absolute atomic E-state index is 11.3. The van der Waals surface area contributed by atoms with Gasteiger partial charge in [0.1, 0.15) is 0 Å². The Morgan fingerprint density at radius 1 is 1.26 bits per heavy atom. The Morgan fingerprint density at radius 3 is 2.37 bits per heavy atom. The Hall–Kier alpha value is -1.82. The first-order chi connectivity index (χ1) is 8.88. The van der Waals surface area contributed by atoms with Crippen molar-refractivity contribution in [1.82, 2.24) is 9.78 Å². The zero-order valence-electron chi connectivity index (χ0n) is 11.2. The largest absolute Gasteiger partial charge is 0.381 e. The van der Waals surface area contributed by atoms with Crippen LogP contribution < -0.4 is 5.32 Å². The molecular weight excluding hydrogens is 262 g/mol. The second-order valence-electron chi connectivity index (χ2n) is 4.53. The van der Waals surface area contributed by atoms with E-state index >= 15 is 0 Å². The van der Waals surface area contributed by atoms with Crippen LogP contribution in [-0.2, 0) is 23.4 Å². The molecule has 1 aromatic carbocycles. The topological polar surface area (TPSA) is 64.0 Å². The standard InChI is InChI=1S/C13H17N3O2S/c1-10-11(9-15-16(10)2)8-14-12-4-6-13(7-5-12)19(3,17)18/h4-7,9,14H,8H2,1-3H3. The first kappa shape index (κ1) is 13.6. The Labute approximate surface area is 113 Å². The zero-order valence-corrected chi connectivity index (χ0v) is 12.0. The van der Waals surface area contributed by atoms with Gasteiger partial charge in [0.15, 0.2) is 9.84 Å². The van der Waals surface area contributed by atoms with Gasteiger partial charge in [-0.25, -0.2) is 8.42 Å². The SMILES string of the molecule is Cc1c(CNc2ccc(S(C)(=O)=O)cc2)cnn1C. The highest BCUT2D eigenvalue weighted by Crippen LogP contribution is 2.15. The highest BCUT2D eigenvalue weighted by molar-refractivity contribution is 7.90. The summed E-state index contributed by atoms with van der Waals surface area (Å²) in [5.74, 6) is 0. The second kappa shape index (κ2) is 5.05. The van der Waals surface area contributed by atoms with Crippen molar-refractivity contribution in [2.45, 2.75) is 18.4 Å². The molecule has 0 fully saturated rings. The van der Waals surface area contributed by atoms with E-state index in [-0.39, 0.29) is 0 Å². The fourth-order valence-corrected chi connectivity index (χ4v) is 2.37. The van der Waals surface area contributed by atoms with E-state index < -0.39 is 9.84 Å². The van der Waals surface area contributed by atoms with E-state index in [1.54, 1.807) is 24.3 Å². The van der Waals surface area contributed by atoms with Crippen LogP contribution >= 0.6 is 0 Å². The minimum absolute atomic E-state index is 0.329. The number of hydrogen-bond acceptors (Lipinski definition) is 4. The molecule has 0 saturated heterocycles. The molecule has 19 heavy (non-hydrogen) atoms. The van der Waals surface area contributed by atoms with Crippen LogP contribution in [0.4, 0.5) is 5.69 Å². The molecule has 0 aliphatic heterocycles. The molecule has 1 heterocycles. The van der Waals surface area contributed by atoms with Crippen LogP contribution in [0.3, 0.4) is 0 Å². The predicted molar refractivity (Wildman–Crippen MR) is 74.8 cm³/mol. The fourth-order valence-electron chi connectivity index (χ4n) is 1.73. The van der Waals surface area contributed by atoms with Gasteiger partial charge >= 0.3 is 0 Å². The molecule has 0 unspecified atom stereocenters. The van der Waals surface area contributed by atoms with Gasteiger partial charge in [-0.3, -0.25) is 4.68 Å². The third-order valence-corrected chi connectivity index (χ3v) is 4.23. The number of benzene rings is 1. The Bertz CT molecular complexity index is 672. The number of anilines is 1. The van der Waals surface area contributed by atoms with E-state index in [4.69, 9.17) is 0 Å². The number of sulfone groups is 1. The van der Waals surface area contributed by atoms with Gasteiger partial charge in [0.25, 0.3) is 0 Å². The lowest BCUT2D eigenvalue weighted by Crippen LogP contribution is -2.02. The minimum Gasteiger partial charge on any atom is -0.381 e. The van der Waals surface area contributed by atoms with Crippen molar-refractivity contribution >= 4 is 15.5 Å². The lowest BCUT2D eigenvalue weighted by Gasteiger charge is -2.07. The van der Waals surface area contributed by atoms with Gasteiger partial charge in [-0.05, 0) is 31.2 Å². The van der Waals surface area contributed by atoms with Crippen LogP contribution in [0.25, 0.3) is 0 Å². The van der Waals surface area contributed by atoms with Crippen LogP contribution in [-0.4, -0.2) is 24.5 Å². The van der Waals surface area contributed by atoms with Crippen molar-refractivity contribution in [3.63, 3.8) is 0 Å². The summed E-state index contributed by atoms with van der Waals surface area (Å²) in [6.45, 7) is 2.68. The summed E-state index contributed by atoms with van der Waals surface area (Å²) in [5.41, 5.74) is 3.12. The molecule has 6 heteroatoms. The molecular formula is C13H17N3O2S. The summed E-state index contributed by atoms with van der Waals surface area (Å²) >= 11 is 0. The molecule has 0 amide bonds. The van der Waals surface area contributed by atoms with E-state index in [9.17, 15) is 8.42 Å². The molecule has 0 radical (unpaired) electrons. The summed E-state index contributed by atoms with van der Waals surface area (Å²) < 4.78 is 24.5. The van der Waals surface area contributed by atoms with Gasteiger partial charge < -0.3 is 5.32 Å². The van der Waals surface area contributed by atoms with Crippen molar-refractivity contribution in [2.75, 3.05) is 11.6 Å². The average molecular weight is 279 g/mol. The molecule has 0 atom stereocenters. The fraction of sp³-hybridized carbons (Fsp3) is 0.308. The van der Waals surface area contributed by atoms with Crippen LogP contribution in [0.5, 0.6) is 0 Å². The summed E-state index contributed by atoms with van der Waals surface area (Å²) in [6, 6.07) is 6.74. The van der Waals surface area contributed by atoms with Gasteiger partial charge in [-0.1, -0.05) is 0 Å². The molecule has 0 spiro atoms. The molecule has 0 aliphatic rings. The number of aryl methyl sites for hydroxylation is 1. The van der Waals surface area contributed by atoms with Gasteiger partial charge in [-0.15, -0.1) is 0 Å². The van der Waals surface area contributed by atoms with Crippen LogP contribution in [0.2, 0.25) is 0 Å². The van der Waals surface area contributed by atoms with E-state index in [1.807, 2.05) is 24.9 Å². The third kappa shape index (κ3) is 3.14. The molecule has 2 rings (SSSR count). The summed E-state index contributed by atoms with van der Waals surface area (Å²) in [7, 11) is -1.23. The van der Waals surface area contributed by atoms with Crippen molar-refractivity contribution in [1.29, 1.82) is 0 Å². The van der Waals surface area contributed by atoms with E-state index in [0.717, 1.165) is 16.9 Å². The van der Waals surface area contributed by atoms with E-state index in [2.05, 4.69) is 10.4 Å². The van der Waals surface area contributed by atoms with Crippen molar-refractivity contribution in [2.24, 2.45) is 7.05 Å². The van der Waals surface area contributed by atoms with E-state index in [1.165, 1.54) is 6.26 Å². The minimum atomic E-state index is -3.13. The molecule has 1 aromatic heterocycles. The molecule has 1 N–H and O–H groups in total. The molecule has 0 bridgehead atoms. The highest BCUT2D eigenvalue weighted by Gasteiger charge is 2.07. The first-order valence-electron chi connectivity index (χ1n) is 5.89. The Kier molecular flexibility index (Phi) is 3.61. The van der Waals surface area contributed by atoms with Gasteiger partial charge in [-0.2, -0.15) is 5.10 Å². The summed E-state index contributed by atoms with van der Waals surface area (Å²) in [5, 5.41) is 7.42.